The molecule has 342 valence electrons. The van der Waals surface area contributed by atoms with Crippen LogP contribution in [0.25, 0.3) is 0 Å². The molecule has 0 spiro atoms. The Morgan fingerprint density at radius 3 is 2.34 bits per heavy atom. The van der Waals surface area contributed by atoms with Gasteiger partial charge in [0.25, 0.3) is 5.91 Å². The third kappa shape index (κ3) is 12.3. The SMILES string of the molecule is CC1=C[C@@H]2[C@H](O)[C@H](O)CC[C@@H]2[C@](C)(C(O)=C2C(=O)CNC2=O)[C@@H]1CC[C@H](C)[C@H](O)/C(C)=C/C[C@H](O)/C=C/[C@H](C)[C@H](O)/C=C/C[C@H](O)/C(C)=C/C[C@H](O)C[C@H]1CCCN1C(=N)N. The van der Waals surface area contributed by atoms with Crippen molar-refractivity contribution < 1.29 is 50.4 Å². The molecule has 12 N–H and O–H groups in total. The zero-order chi connectivity index (χ0) is 45.3. The van der Waals surface area contributed by atoms with Crippen molar-refractivity contribution in [3.05, 3.63) is 70.6 Å². The number of ketones is 1. The molecule has 2 aliphatic heterocycles. The fraction of sp³-hybridized carbons (Fsp3) is 0.681. The van der Waals surface area contributed by atoms with Crippen LogP contribution in [0.4, 0.5) is 0 Å². The van der Waals surface area contributed by atoms with Gasteiger partial charge in [-0.3, -0.25) is 15.0 Å². The summed E-state index contributed by atoms with van der Waals surface area (Å²) < 4.78 is 0. The Hall–Kier alpha value is -3.63. The van der Waals surface area contributed by atoms with Gasteiger partial charge in [0.05, 0.1) is 49.3 Å². The van der Waals surface area contributed by atoms with Gasteiger partial charge in [0.1, 0.15) is 11.3 Å². The van der Waals surface area contributed by atoms with Crippen molar-refractivity contribution in [1.29, 1.82) is 5.41 Å². The van der Waals surface area contributed by atoms with Gasteiger partial charge >= 0.3 is 0 Å². The van der Waals surface area contributed by atoms with Crippen LogP contribution >= 0.6 is 0 Å². The van der Waals surface area contributed by atoms with Crippen molar-refractivity contribution in [3.63, 3.8) is 0 Å². The Kier molecular flexibility index (Phi) is 18.1. The summed E-state index contributed by atoms with van der Waals surface area (Å²) >= 11 is 0. The van der Waals surface area contributed by atoms with E-state index in [1.54, 1.807) is 44.2 Å². The number of aliphatic hydroxyl groups excluding tert-OH is 8. The summed E-state index contributed by atoms with van der Waals surface area (Å²) in [6.07, 6.45) is 11.4. The molecule has 0 bridgehead atoms. The van der Waals surface area contributed by atoms with Crippen LogP contribution in [0.5, 0.6) is 0 Å². The first-order valence-corrected chi connectivity index (χ1v) is 22.2. The van der Waals surface area contributed by atoms with Gasteiger partial charge in [-0.1, -0.05) is 68.9 Å². The lowest BCUT2D eigenvalue weighted by Crippen LogP contribution is -2.53. The van der Waals surface area contributed by atoms with Crippen molar-refractivity contribution in [2.45, 2.75) is 155 Å². The van der Waals surface area contributed by atoms with E-state index in [-0.39, 0.29) is 66.4 Å². The van der Waals surface area contributed by atoms with Crippen molar-refractivity contribution >= 4 is 17.6 Å². The molecule has 4 rings (SSSR count). The monoisotopic (exact) mass is 855 g/mol. The second-order valence-corrected chi connectivity index (χ2v) is 18.5. The minimum absolute atomic E-state index is 0.0283. The zero-order valence-corrected chi connectivity index (χ0v) is 37.0. The van der Waals surface area contributed by atoms with Crippen LogP contribution in [-0.4, -0.2) is 125 Å². The molecule has 4 aliphatic rings. The van der Waals surface area contributed by atoms with Gasteiger partial charge in [0.15, 0.2) is 11.7 Å². The summed E-state index contributed by atoms with van der Waals surface area (Å²) in [5.41, 5.74) is 6.61. The largest absolute Gasteiger partial charge is 0.511 e. The lowest BCUT2D eigenvalue weighted by atomic mass is 9.51. The molecule has 2 saturated heterocycles. The Labute approximate surface area is 361 Å². The molecular weight excluding hydrogens is 781 g/mol. The van der Waals surface area contributed by atoms with Crippen LogP contribution in [0.2, 0.25) is 0 Å². The number of guanidine groups is 1. The first-order chi connectivity index (χ1) is 28.7. The summed E-state index contributed by atoms with van der Waals surface area (Å²) in [6, 6.07) is 0.0491. The molecule has 1 amide bonds. The molecule has 1 saturated carbocycles. The number of nitrogens with one attached hydrogen (secondary N) is 2. The summed E-state index contributed by atoms with van der Waals surface area (Å²) in [6.45, 7) is 11.6. The lowest BCUT2D eigenvalue weighted by Gasteiger charge is -2.54. The third-order valence-electron chi connectivity index (χ3n) is 14.1. The van der Waals surface area contributed by atoms with Crippen LogP contribution < -0.4 is 11.1 Å². The normalized spacial score (nSPS) is 32.0. The van der Waals surface area contributed by atoms with E-state index in [1.807, 2.05) is 44.7 Å². The molecule has 0 aromatic heterocycles. The molecular formula is C47H74N4O10. The number of nitrogens with two attached hydrogens (primary N) is 1. The van der Waals surface area contributed by atoms with E-state index in [2.05, 4.69) is 5.32 Å². The first-order valence-electron chi connectivity index (χ1n) is 22.2. The van der Waals surface area contributed by atoms with Crippen LogP contribution in [0.3, 0.4) is 0 Å². The number of hydrogen-bond donors (Lipinski definition) is 11. The molecule has 14 heteroatoms. The van der Waals surface area contributed by atoms with E-state index in [9.17, 15) is 50.4 Å². The second-order valence-electron chi connectivity index (χ2n) is 18.5. The minimum Gasteiger partial charge on any atom is -0.511 e. The number of Topliss-reactive ketones (excluding diaryl/α,β-unsaturated/α-hetero) is 1. The maximum Gasteiger partial charge on any atom is 0.258 e. The number of nitrogens with zero attached hydrogens (tertiary/aromatic N) is 1. The highest BCUT2D eigenvalue weighted by Gasteiger charge is 2.56. The minimum atomic E-state index is -1.08. The summed E-state index contributed by atoms with van der Waals surface area (Å²) in [5.74, 6) is -3.02. The van der Waals surface area contributed by atoms with Gasteiger partial charge in [-0.15, -0.1) is 0 Å². The number of rotatable bonds is 19. The number of likely N-dealkylation sites (tertiary alicyclic amines) is 1. The molecule has 3 fully saturated rings. The fourth-order valence-electron chi connectivity index (χ4n) is 10.0. The number of aliphatic hydroxyl groups is 8. The maximum absolute atomic E-state index is 12.8. The molecule has 14 atom stereocenters. The van der Waals surface area contributed by atoms with Gasteiger partial charge < -0.3 is 56.8 Å². The topological polar surface area (TPSA) is 261 Å². The Morgan fingerprint density at radius 1 is 1.00 bits per heavy atom. The van der Waals surface area contributed by atoms with E-state index in [0.29, 0.717) is 44.1 Å². The number of amides is 1. The highest BCUT2D eigenvalue weighted by atomic mass is 16.3. The van der Waals surface area contributed by atoms with E-state index < -0.39 is 65.8 Å². The average molecular weight is 855 g/mol. The predicted octanol–water partition coefficient (Wildman–Crippen LogP) is 3.61. The van der Waals surface area contributed by atoms with E-state index >= 15 is 0 Å². The summed E-state index contributed by atoms with van der Waals surface area (Å²) in [7, 11) is 0. The summed E-state index contributed by atoms with van der Waals surface area (Å²) in [4.78, 5) is 27.3. The van der Waals surface area contributed by atoms with Gasteiger partial charge in [0, 0.05) is 29.8 Å². The highest BCUT2D eigenvalue weighted by Crippen LogP contribution is 2.58. The van der Waals surface area contributed by atoms with Gasteiger partial charge in [-0.2, -0.15) is 0 Å². The van der Waals surface area contributed by atoms with Crippen molar-refractivity contribution in [1.82, 2.24) is 10.2 Å². The molecule has 0 unspecified atom stereocenters. The molecule has 2 aliphatic carbocycles. The van der Waals surface area contributed by atoms with Crippen molar-refractivity contribution in [2.24, 2.45) is 40.7 Å². The standard InChI is InChI=1S/C47H74N4O10/c1-26(37(54)10-7-11-38(55)27(2)13-18-33(53)24-31-9-8-22-51(31)46(48)49)12-16-32(52)17-14-28(3)42(58)29(4)15-19-35-30(5)23-34-36(20-21-39(56)43(34)59)47(35,6)44(60)41-40(57)25-50-45(41)61/h7,10,12-14,16,23,26,29,31-39,42-43,52-56,58-60H,8-9,11,15,17-22,24-25H2,1-6H3,(H3,48,49)(H,50,61)/b10-7+,16-12+,27-13+,28-14+,44-41?/t26-,29-,31+,32+,33-,34-,35+,36-,37+,38-,39+,42+,43-,47+/m0/s1. The molecule has 14 nitrogen and oxygen atoms in total. The molecule has 61 heavy (non-hydrogen) atoms. The Balaban J connectivity index is 1.28. The number of hydrogen-bond acceptors (Lipinski definition) is 11. The second kappa shape index (κ2) is 22.1. The fourth-order valence-corrected chi connectivity index (χ4v) is 10.0. The van der Waals surface area contributed by atoms with Crippen LogP contribution in [0, 0.1) is 40.4 Å². The van der Waals surface area contributed by atoms with Crippen LogP contribution in [-0.2, 0) is 9.59 Å². The third-order valence-corrected chi connectivity index (χ3v) is 14.1. The summed E-state index contributed by atoms with van der Waals surface area (Å²) in [5, 5.41) is 97.4. The van der Waals surface area contributed by atoms with Gasteiger partial charge in [-0.25, -0.2) is 0 Å². The predicted molar refractivity (Wildman–Crippen MR) is 235 cm³/mol. The average Bonchev–Trinajstić information content (AvgIpc) is 3.83. The first kappa shape index (κ1) is 50.0. The van der Waals surface area contributed by atoms with E-state index in [4.69, 9.17) is 11.1 Å². The Bertz CT molecular complexity index is 1720. The van der Waals surface area contributed by atoms with Gasteiger partial charge in [0.2, 0.25) is 0 Å². The quantitative estimate of drug-likeness (QED) is 0.0223. The number of carbonyl (C=O) groups excluding carboxylic acids is 2. The lowest BCUT2D eigenvalue weighted by molar-refractivity contribution is -0.118. The molecule has 0 aromatic carbocycles. The van der Waals surface area contributed by atoms with Gasteiger partial charge in [-0.05, 0) is 114 Å². The molecule has 0 radical (unpaired) electrons. The molecule has 0 aromatic rings. The highest BCUT2D eigenvalue weighted by molar-refractivity contribution is 6.25. The van der Waals surface area contributed by atoms with Crippen molar-refractivity contribution in [2.75, 3.05) is 13.1 Å². The molecule has 2 heterocycles. The maximum atomic E-state index is 12.8. The number of allylic oxidation sites excluding steroid dienone is 2. The smallest absolute Gasteiger partial charge is 0.258 e. The number of fused-ring (bicyclic) bond motifs is 1. The van der Waals surface area contributed by atoms with Crippen LogP contribution in [0.15, 0.2) is 70.6 Å². The van der Waals surface area contributed by atoms with E-state index in [1.165, 1.54) is 0 Å². The van der Waals surface area contributed by atoms with Crippen LogP contribution in [0.1, 0.15) is 106 Å². The Morgan fingerprint density at radius 2 is 1.69 bits per heavy atom. The zero-order valence-electron chi connectivity index (χ0n) is 37.0. The van der Waals surface area contributed by atoms with Crippen molar-refractivity contribution in [3.8, 4) is 0 Å². The number of carbonyl (C=O) groups is 2. The van der Waals surface area contributed by atoms with E-state index in [0.717, 1.165) is 30.5 Å².